The number of alkyl halides is 3. The van der Waals surface area contributed by atoms with Gasteiger partial charge in [-0.2, -0.15) is 18.3 Å². The Morgan fingerprint density at radius 1 is 1.09 bits per heavy atom. The zero-order chi connectivity index (χ0) is 22.6. The van der Waals surface area contributed by atoms with Crippen LogP contribution in [0.3, 0.4) is 0 Å². The van der Waals surface area contributed by atoms with Crippen LogP contribution < -0.4 is 5.32 Å². The minimum atomic E-state index is -4.47. The van der Waals surface area contributed by atoms with Crippen LogP contribution >= 0.6 is 11.8 Å². The zero-order valence-electron chi connectivity index (χ0n) is 16.6. The summed E-state index contributed by atoms with van der Waals surface area (Å²) in [7, 11) is 0. The SMILES string of the molecule is O=C(NCC(F)(F)F)c1ccccc1Sc1ccc2cnn(C=Cc3ccccn3)c2c1. The number of hydrogen-bond donors (Lipinski definition) is 1. The third-order valence-electron chi connectivity index (χ3n) is 4.45. The number of fused-ring (bicyclic) bond motifs is 1. The highest BCUT2D eigenvalue weighted by Gasteiger charge is 2.28. The fourth-order valence-electron chi connectivity index (χ4n) is 2.97. The molecule has 9 heteroatoms. The van der Waals surface area contributed by atoms with Crippen molar-refractivity contribution in [2.45, 2.75) is 16.0 Å². The Morgan fingerprint density at radius 2 is 1.91 bits per heavy atom. The Hall–Kier alpha value is -3.59. The monoisotopic (exact) mass is 454 g/mol. The summed E-state index contributed by atoms with van der Waals surface area (Å²) in [6, 6.07) is 17.9. The molecule has 0 fully saturated rings. The minimum absolute atomic E-state index is 0.186. The standard InChI is InChI=1S/C23H17F3N4OS/c24-23(25,26)15-28-22(31)19-6-1-2-7-21(19)32-18-9-8-16-14-29-30(20(16)13-18)12-10-17-5-3-4-11-27-17/h1-14H,15H2,(H,28,31). The summed E-state index contributed by atoms with van der Waals surface area (Å²) in [6.45, 7) is -1.38. The minimum Gasteiger partial charge on any atom is -0.343 e. The second kappa shape index (κ2) is 9.27. The fraction of sp³-hybridized carbons (Fsp3) is 0.0870. The van der Waals surface area contributed by atoms with E-state index in [9.17, 15) is 18.0 Å². The van der Waals surface area contributed by atoms with Crippen molar-refractivity contribution in [2.75, 3.05) is 6.54 Å². The smallest absolute Gasteiger partial charge is 0.343 e. The highest BCUT2D eigenvalue weighted by molar-refractivity contribution is 7.99. The number of aromatic nitrogens is 3. The van der Waals surface area contributed by atoms with Crippen molar-refractivity contribution in [1.82, 2.24) is 20.1 Å². The Bertz CT molecular complexity index is 1270. The number of rotatable bonds is 6. The van der Waals surface area contributed by atoms with Crippen LogP contribution in [0.2, 0.25) is 0 Å². The number of amides is 1. The number of carbonyl (C=O) groups is 1. The molecule has 0 bridgehead atoms. The molecule has 4 aromatic rings. The van der Waals surface area contributed by atoms with Gasteiger partial charge in [-0.25, -0.2) is 4.68 Å². The summed E-state index contributed by atoms with van der Waals surface area (Å²) in [4.78, 5) is 17.9. The third kappa shape index (κ3) is 5.36. The van der Waals surface area contributed by atoms with Crippen molar-refractivity contribution in [3.05, 3.63) is 84.3 Å². The van der Waals surface area contributed by atoms with Crippen LogP contribution in [-0.2, 0) is 0 Å². The molecule has 2 heterocycles. The van der Waals surface area contributed by atoms with E-state index in [0.717, 1.165) is 21.5 Å². The second-order valence-corrected chi connectivity index (χ2v) is 7.89. The van der Waals surface area contributed by atoms with Gasteiger partial charge in [0.1, 0.15) is 6.54 Å². The highest BCUT2D eigenvalue weighted by Crippen LogP contribution is 2.32. The van der Waals surface area contributed by atoms with Crippen LogP contribution in [0.5, 0.6) is 0 Å². The van der Waals surface area contributed by atoms with Crippen molar-refractivity contribution in [3.8, 4) is 0 Å². The number of pyridine rings is 1. The summed E-state index contributed by atoms with van der Waals surface area (Å²) in [5, 5.41) is 7.23. The third-order valence-corrected chi connectivity index (χ3v) is 5.52. The lowest BCUT2D eigenvalue weighted by molar-refractivity contribution is -0.123. The van der Waals surface area contributed by atoms with Crippen molar-refractivity contribution in [1.29, 1.82) is 0 Å². The maximum Gasteiger partial charge on any atom is 0.405 e. The molecule has 0 aliphatic carbocycles. The number of halogens is 3. The van der Waals surface area contributed by atoms with Gasteiger partial charge in [0, 0.05) is 27.6 Å². The molecule has 0 saturated heterocycles. The summed E-state index contributed by atoms with van der Waals surface area (Å²) in [5.74, 6) is -0.769. The second-order valence-electron chi connectivity index (χ2n) is 6.78. The van der Waals surface area contributed by atoms with Gasteiger partial charge in [0.15, 0.2) is 0 Å². The van der Waals surface area contributed by atoms with Crippen LogP contribution in [0.1, 0.15) is 16.1 Å². The molecule has 32 heavy (non-hydrogen) atoms. The largest absolute Gasteiger partial charge is 0.405 e. The molecule has 0 spiro atoms. The van der Waals surface area contributed by atoms with Gasteiger partial charge >= 0.3 is 6.18 Å². The van der Waals surface area contributed by atoms with Crippen LogP contribution in [-0.4, -0.2) is 33.4 Å². The molecule has 0 radical (unpaired) electrons. The lowest BCUT2D eigenvalue weighted by atomic mass is 10.2. The molecule has 0 unspecified atom stereocenters. The quantitative estimate of drug-likeness (QED) is 0.418. The lowest BCUT2D eigenvalue weighted by Crippen LogP contribution is -2.33. The normalized spacial score (nSPS) is 11.8. The van der Waals surface area contributed by atoms with Gasteiger partial charge in [-0.1, -0.05) is 36.0 Å². The number of nitrogens with one attached hydrogen (secondary N) is 1. The predicted molar refractivity (Wildman–Crippen MR) is 118 cm³/mol. The van der Waals surface area contributed by atoms with E-state index in [1.54, 1.807) is 41.5 Å². The molecule has 1 amide bonds. The van der Waals surface area contributed by atoms with Gasteiger partial charge < -0.3 is 5.32 Å². The molecule has 162 valence electrons. The van der Waals surface area contributed by atoms with E-state index in [4.69, 9.17) is 0 Å². The summed E-state index contributed by atoms with van der Waals surface area (Å²) >= 11 is 1.30. The van der Waals surface area contributed by atoms with E-state index in [-0.39, 0.29) is 5.56 Å². The van der Waals surface area contributed by atoms with Crippen LogP contribution in [0, 0.1) is 0 Å². The van der Waals surface area contributed by atoms with Gasteiger partial charge in [0.2, 0.25) is 0 Å². The Kier molecular flexibility index (Phi) is 6.27. The lowest BCUT2D eigenvalue weighted by Gasteiger charge is -2.11. The first-order valence-corrected chi connectivity index (χ1v) is 10.4. The average molecular weight is 454 g/mol. The van der Waals surface area contributed by atoms with Crippen LogP contribution in [0.15, 0.2) is 82.8 Å². The Labute approximate surface area is 186 Å². The van der Waals surface area contributed by atoms with E-state index in [0.29, 0.717) is 4.90 Å². The number of benzene rings is 2. The molecule has 0 atom stereocenters. The van der Waals surface area contributed by atoms with Crippen LogP contribution in [0.25, 0.3) is 23.2 Å². The van der Waals surface area contributed by atoms with E-state index in [1.807, 2.05) is 47.8 Å². The molecule has 0 aliphatic rings. The number of carbonyl (C=O) groups excluding carboxylic acids is 1. The van der Waals surface area contributed by atoms with Gasteiger partial charge in [-0.15, -0.1) is 0 Å². The Balaban J connectivity index is 1.58. The molecule has 2 aromatic heterocycles. The van der Waals surface area contributed by atoms with E-state index >= 15 is 0 Å². The average Bonchev–Trinajstić information content (AvgIpc) is 3.19. The first-order chi connectivity index (χ1) is 15.4. The van der Waals surface area contributed by atoms with E-state index in [1.165, 1.54) is 17.8 Å². The van der Waals surface area contributed by atoms with E-state index < -0.39 is 18.6 Å². The molecule has 4 rings (SSSR count). The molecular formula is C23H17F3N4OS. The highest BCUT2D eigenvalue weighted by atomic mass is 32.2. The van der Waals surface area contributed by atoms with Crippen molar-refractivity contribution in [3.63, 3.8) is 0 Å². The molecule has 5 nitrogen and oxygen atoms in total. The summed E-state index contributed by atoms with van der Waals surface area (Å²) < 4.78 is 39.1. The first kappa shape index (κ1) is 21.6. The molecule has 0 aliphatic heterocycles. The fourth-order valence-corrected chi connectivity index (χ4v) is 3.95. The Morgan fingerprint density at radius 3 is 2.69 bits per heavy atom. The first-order valence-electron chi connectivity index (χ1n) is 9.57. The molecular weight excluding hydrogens is 437 g/mol. The predicted octanol–water partition coefficient (Wildman–Crippen LogP) is 5.50. The van der Waals surface area contributed by atoms with Gasteiger partial charge in [0.25, 0.3) is 5.91 Å². The maximum absolute atomic E-state index is 12.5. The van der Waals surface area contributed by atoms with Crippen molar-refractivity contribution >= 4 is 40.8 Å². The number of hydrogen-bond acceptors (Lipinski definition) is 4. The van der Waals surface area contributed by atoms with Crippen LogP contribution in [0.4, 0.5) is 13.2 Å². The van der Waals surface area contributed by atoms with Gasteiger partial charge in [-0.05, 0) is 42.5 Å². The topological polar surface area (TPSA) is 59.8 Å². The number of nitrogens with zero attached hydrogens (tertiary/aromatic N) is 3. The van der Waals surface area contributed by atoms with Crippen molar-refractivity contribution in [2.24, 2.45) is 0 Å². The zero-order valence-corrected chi connectivity index (χ0v) is 17.4. The summed E-state index contributed by atoms with van der Waals surface area (Å²) in [6.07, 6.45) is 2.62. The van der Waals surface area contributed by atoms with Gasteiger partial charge in [-0.3, -0.25) is 9.78 Å². The van der Waals surface area contributed by atoms with Crippen molar-refractivity contribution < 1.29 is 18.0 Å². The maximum atomic E-state index is 12.5. The molecule has 2 aromatic carbocycles. The molecule has 1 N–H and O–H groups in total. The van der Waals surface area contributed by atoms with E-state index in [2.05, 4.69) is 10.1 Å². The summed E-state index contributed by atoms with van der Waals surface area (Å²) in [5.41, 5.74) is 1.83. The molecule has 0 saturated carbocycles. The van der Waals surface area contributed by atoms with Gasteiger partial charge in [0.05, 0.1) is 23.0 Å².